The van der Waals surface area contributed by atoms with Gasteiger partial charge in [-0.2, -0.15) is 0 Å². The Bertz CT molecular complexity index is 820. The first-order valence-electron chi connectivity index (χ1n) is 9.42. The van der Waals surface area contributed by atoms with Crippen LogP contribution in [0.2, 0.25) is 5.02 Å². The molecule has 2 aromatic rings. The second kappa shape index (κ2) is 7.42. The number of amides is 1. The van der Waals surface area contributed by atoms with Crippen LogP contribution in [-0.2, 0) is 30.6 Å². The maximum atomic E-state index is 12.7. The van der Waals surface area contributed by atoms with Crippen molar-refractivity contribution in [1.29, 1.82) is 0 Å². The SMILES string of the molecule is CN1Cc2ccc(Cl)cc2C[C@H]1CNC(=O)[C@@H]1CCc2ccccc2C1. The number of fused-ring (bicyclic) bond motifs is 2. The summed E-state index contributed by atoms with van der Waals surface area (Å²) >= 11 is 6.15. The van der Waals surface area contributed by atoms with Crippen LogP contribution >= 0.6 is 11.6 Å². The van der Waals surface area contributed by atoms with Crippen molar-refractivity contribution in [2.75, 3.05) is 13.6 Å². The van der Waals surface area contributed by atoms with E-state index in [9.17, 15) is 4.79 Å². The van der Waals surface area contributed by atoms with E-state index in [1.54, 1.807) is 0 Å². The number of carbonyl (C=O) groups excluding carboxylic acids is 1. The molecule has 0 unspecified atom stereocenters. The lowest BCUT2D eigenvalue weighted by atomic mass is 9.83. The molecule has 2 aliphatic rings. The summed E-state index contributed by atoms with van der Waals surface area (Å²) in [7, 11) is 2.13. The van der Waals surface area contributed by atoms with Crippen molar-refractivity contribution < 1.29 is 4.79 Å². The normalized spacial score (nSPS) is 22.4. The van der Waals surface area contributed by atoms with E-state index in [1.807, 2.05) is 6.07 Å². The van der Waals surface area contributed by atoms with Gasteiger partial charge in [-0.1, -0.05) is 41.9 Å². The molecule has 0 spiro atoms. The second-order valence-electron chi connectivity index (χ2n) is 7.64. The average molecular weight is 369 g/mol. The van der Waals surface area contributed by atoms with Crippen LogP contribution < -0.4 is 5.32 Å². The monoisotopic (exact) mass is 368 g/mol. The highest BCUT2D eigenvalue weighted by Crippen LogP contribution is 2.27. The quantitative estimate of drug-likeness (QED) is 0.897. The first-order chi connectivity index (χ1) is 12.6. The van der Waals surface area contributed by atoms with E-state index in [0.29, 0.717) is 12.6 Å². The number of carbonyl (C=O) groups is 1. The third-order valence-corrected chi connectivity index (χ3v) is 6.13. The Morgan fingerprint density at radius 1 is 1.12 bits per heavy atom. The van der Waals surface area contributed by atoms with Gasteiger partial charge in [0, 0.05) is 30.1 Å². The van der Waals surface area contributed by atoms with Gasteiger partial charge >= 0.3 is 0 Å². The molecule has 1 N–H and O–H groups in total. The van der Waals surface area contributed by atoms with Gasteiger partial charge in [-0.25, -0.2) is 0 Å². The average Bonchev–Trinajstić information content (AvgIpc) is 2.66. The molecule has 3 nitrogen and oxygen atoms in total. The van der Waals surface area contributed by atoms with E-state index in [4.69, 9.17) is 11.6 Å². The molecule has 1 amide bonds. The molecule has 2 atom stereocenters. The van der Waals surface area contributed by atoms with Crippen molar-refractivity contribution in [3.63, 3.8) is 0 Å². The molecule has 0 aromatic heterocycles. The molecule has 1 aliphatic carbocycles. The van der Waals surface area contributed by atoms with Crippen molar-refractivity contribution >= 4 is 17.5 Å². The standard InChI is InChI=1S/C22H25ClN2O/c1-25-14-18-8-9-20(23)11-19(18)12-21(25)13-24-22(26)17-7-6-15-4-2-3-5-16(15)10-17/h2-5,8-9,11,17,21H,6-7,10,12-14H2,1H3,(H,24,26)/t17-,21+/m1/s1. The number of nitrogens with one attached hydrogen (secondary N) is 1. The molecule has 0 radical (unpaired) electrons. The summed E-state index contributed by atoms with van der Waals surface area (Å²) in [6.07, 6.45) is 3.74. The molecule has 26 heavy (non-hydrogen) atoms. The number of benzene rings is 2. The van der Waals surface area contributed by atoms with Crippen LogP contribution in [0.1, 0.15) is 28.7 Å². The number of halogens is 1. The molecule has 2 aromatic carbocycles. The largest absolute Gasteiger partial charge is 0.354 e. The van der Waals surface area contributed by atoms with Gasteiger partial charge in [-0.3, -0.25) is 9.69 Å². The lowest BCUT2D eigenvalue weighted by Crippen LogP contribution is -2.47. The van der Waals surface area contributed by atoms with Crippen molar-refractivity contribution in [1.82, 2.24) is 10.2 Å². The molecular formula is C22H25ClN2O. The number of hydrogen-bond acceptors (Lipinski definition) is 2. The molecule has 0 fully saturated rings. The van der Waals surface area contributed by atoms with E-state index in [0.717, 1.165) is 37.3 Å². The van der Waals surface area contributed by atoms with Crippen LogP contribution in [0, 0.1) is 5.92 Å². The lowest BCUT2D eigenvalue weighted by Gasteiger charge is -2.34. The summed E-state index contributed by atoms with van der Waals surface area (Å²) in [4.78, 5) is 15.0. The Morgan fingerprint density at radius 2 is 1.92 bits per heavy atom. The number of rotatable bonds is 3. The summed E-state index contributed by atoms with van der Waals surface area (Å²) in [5.41, 5.74) is 5.37. The summed E-state index contributed by atoms with van der Waals surface area (Å²) in [6, 6.07) is 14.9. The Morgan fingerprint density at radius 3 is 2.77 bits per heavy atom. The molecule has 4 rings (SSSR count). The minimum absolute atomic E-state index is 0.0977. The Kier molecular flexibility index (Phi) is 5.01. The Balaban J connectivity index is 1.36. The van der Waals surface area contributed by atoms with Gasteiger partial charge < -0.3 is 5.32 Å². The van der Waals surface area contributed by atoms with E-state index in [-0.39, 0.29) is 11.8 Å². The minimum atomic E-state index is 0.0977. The number of aryl methyl sites for hydroxylation is 1. The molecule has 0 saturated heterocycles. The molecular weight excluding hydrogens is 344 g/mol. The van der Waals surface area contributed by atoms with E-state index < -0.39 is 0 Å². The van der Waals surface area contributed by atoms with Gasteiger partial charge in [0.2, 0.25) is 5.91 Å². The zero-order valence-electron chi connectivity index (χ0n) is 15.2. The molecule has 1 heterocycles. The maximum Gasteiger partial charge on any atom is 0.223 e. The smallest absolute Gasteiger partial charge is 0.223 e. The summed E-state index contributed by atoms with van der Waals surface area (Å²) < 4.78 is 0. The van der Waals surface area contributed by atoms with E-state index in [2.05, 4.69) is 53.7 Å². The summed E-state index contributed by atoms with van der Waals surface area (Å²) in [5.74, 6) is 0.297. The van der Waals surface area contributed by atoms with Crippen molar-refractivity contribution in [2.24, 2.45) is 5.92 Å². The van der Waals surface area contributed by atoms with Gasteiger partial charge in [0.1, 0.15) is 0 Å². The highest BCUT2D eigenvalue weighted by atomic mass is 35.5. The molecule has 4 heteroatoms. The molecule has 0 saturated carbocycles. The van der Waals surface area contributed by atoms with E-state index in [1.165, 1.54) is 22.3 Å². The molecule has 136 valence electrons. The predicted octanol–water partition coefficient (Wildman–Crippen LogP) is 3.62. The van der Waals surface area contributed by atoms with E-state index >= 15 is 0 Å². The zero-order valence-corrected chi connectivity index (χ0v) is 15.9. The summed E-state index contributed by atoms with van der Waals surface area (Å²) in [5, 5.41) is 4.00. The minimum Gasteiger partial charge on any atom is -0.354 e. The van der Waals surface area contributed by atoms with Crippen molar-refractivity contribution in [3.05, 3.63) is 69.7 Å². The zero-order chi connectivity index (χ0) is 18.1. The van der Waals surface area contributed by atoms with Crippen LogP contribution in [-0.4, -0.2) is 30.4 Å². The van der Waals surface area contributed by atoms with Gasteiger partial charge in [0.25, 0.3) is 0 Å². The molecule has 0 bridgehead atoms. The highest BCUT2D eigenvalue weighted by molar-refractivity contribution is 6.30. The first kappa shape index (κ1) is 17.6. The van der Waals surface area contributed by atoms with Crippen LogP contribution in [0.25, 0.3) is 0 Å². The number of hydrogen-bond donors (Lipinski definition) is 1. The van der Waals surface area contributed by atoms with Crippen LogP contribution in [0.15, 0.2) is 42.5 Å². The highest BCUT2D eigenvalue weighted by Gasteiger charge is 2.27. The fourth-order valence-electron chi connectivity index (χ4n) is 4.26. The maximum absolute atomic E-state index is 12.7. The molecule has 1 aliphatic heterocycles. The number of likely N-dealkylation sites (N-methyl/N-ethyl adjacent to an activating group) is 1. The fourth-order valence-corrected chi connectivity index (χ4v) is 4.45. The van der Waals surface area contributed by atoms with Crippen LogP contribution in [0.3, 0.4) is 0 Å². The topological polar surface area (TPSA) is 32.3 Å². The Hall–Kier alpha value is -1.84. The summed E-state index contributed by atoms with van der Waals surface area (Å²) in [6.45, 7) is 1.60. The van der Waals surface area contributed by atoms with Gasteiger partial charge in [-0.05, 0) is 67.1 Å². The van der Waals surface area contributed by atoms with Gasteiger partial charge in [-0.15, -0.1) is 0 Å². The van der Waals surface area contributed by atoms with Crippen molar-refractivity contribution in [3.8, 4) is 0 Å². The van der Waals surface area contributed by atoms with Crippen LogP contribution in [0.4, 0.5) is 0 Å². The van der Waals surface area contributed by atoms with Crippen LogP contribution in [0.5, 0.6) is 0 Å². The predicted molar refractivity (Wildman–Crippen MR) is 105 cm³/mol. The Labute approximate surface area is 160 Å². The third-order valence-electron chi connectivity index (χ3n) is 5.90. The van der Waals surface area contributed by atoms with Gasteiger partial charge in [0.05, 0.1) is 0 Å². The number of nitrogens with zero attached hydrogens (tertiary/aromatic N) is 1. The fraction of sp³-hybridized carbons (Fsp3) is 0.409. The van der Waals surface area contributed by atoms with Crippen molar-refractivity contribution in [2.45, 2.75) is 38.3 Å². The lowest BCUT2D eigenvalue weighted by molar-refractivity contribution is -0.125. The first-order valence-corrected chi connectivity index (χ1v) is 9.80. The van der Waals surface area contributed by atoms with Gasteiger partial charge in [0.15, 0.2) is 0 Å². The second-order valence-corrected chi connectivity index (χ2v) is 8.08. The third kappa shape index (κ3) is 3.65.